The van der Waals surface area contributed by atoms with Crippen LogP contribution in [0.15, 0.2) is 48.5 Å². The Hall–Kier alpha value is -1.42. The van der Waals surface area contributed by atoms with Gasteiger partial charge in [-0.2, -0.15) is 0 Å². The average molecular weight is 293 g/mol. The molecule has 0 radical (unpaired) electrons. The monoisotopic (exact) mass is 292 g/mol. The molecule has 2 aromatic carbocycles. The van der Waals surface area contributed by atoms with Gasteiger partial charge in [0, 0.05) is 23.7 Å². The molecule has 20 heavy (non-hydrogen) atoms. The van der Waals surface area contributed by atoms with E-state index in [1.165, 1.54) is 17.7 Å². The lowest BCUT2D eigenvalue weighted by molar-refractivity contribution is 0.472. The van der Waals surface area contributed by atoms with Crippen LogP contribution in [0.5, 0.6) is 0 Å². The van der Waals surface area contributed by atoms with E-state index in [4.69, 9.17) is 17.3 Å². The molecule has 0 heterocycles. The van der Waals surface area contributed by atoms with Crippen molar-refractivity contribution < 1.29 is 4.39 Å². The molecule has 2 atom stereocenters. The minimum Gasteiger partial charge on any atom is -0.329 e. The number of benzene rings is 2. The van der Waals surface area contributed by atoms with Crippen LogP contribution in [0.2, 0.25) is 5.02 Å². The first-order chi connectivity index (χ1) is 9.61. The van der Waals surface area contributed by atoms with Gasteiger partial charge in [0.2, 0.25) is 0 Å². The third-order valence-electron chi connectivity index (χ3n) is 3.32. The van der Waals surface area contributed by atoms with Crippen molar-refractivity contribution >= 4 is 11.6 Å². The van der Waals surface area contributed by atoms with E-state index in [-0.39, 0.29) is 17.9 Å². The third-order valence-corrected chi connectivity index (χ3v) is 3.65. The van der Waals surface area contributed by atoms with E-state index >= 15 is 0 Å². The van der Waals surface area contributed by atoms with Gasteiger partial charge in [0.15, 0.2) is 0 Å². The molecule has 3 N–H and O–H groups in total. The van der Waals surface area contributed by atoms with Crippen molar-refractivity contribution in [2.24, 2.45) is 5.73 Å². The molecule has 0 saturated heterocycles. The third kappa shape index (κ3) is 3.57. The van der Waals surface area contributed by atoms with Crippen LogP contribution in [0, 0.1) is 5.82 Å². The summed E-state index contributed by atoms with van der Waals surface area (Å²) in [5.41, 5.74) is 7.81. The fourth-order valence-corrected chi connectivity index (χ4v) is 2.51. The number of halogens is 2. The van der Waals surface area contributed by atoms with Gasteiger partial charge >= 0.3 is 0 Å². The van der Waals surface area contributed by atoms with E-state index < -0.39 is 0 Å². The number of rotatable bonds is 5. The molecule has 0 saturated carbocycles. The minimum absolute atomic E-state index is 0.113. The Bertz CT molecular complexity index is 560. The van der Waals surface area contributed by atoms with Gasteiger partial charge in [-0.15, -0.1) is 0 Å². The summed E-state index contributed by atoms with van der Waals surface area (Å²) in [6.07, 6.45) is 0. The van der Waals surface area contributed by atoms with Crippen molar-refractivity contribution in [2.75, 3.05) is 6.54 Å². The molecule has 0 aliphatic rings. The largest absolute Gasteiger partial charge is 0.329 e. The van der Waals surface area contributed by atoms with Crippen LogP contribution in [-0.4, -0.2) is 6.54 Å². The summed E-state index contributed by atoms with van der Waals surface area (Å²) >= 11 is 6.10. The van der Waals surface area contributed by atoms with Crippen LogP contribution in [0.3, 0.4) is 0 Å². The Kier molecular flexibility index (Phi) is 5.12. The highest BCUT2D eigenvalue weighted by Crippen LogP contribution is 2.25. The highest BCUT2D eigenvalue weighted by molar-refractivity contribution is 6.31. The average Bonchev–Trinajstić information content (AvgIpc) is 2.46. The number of nitrogens with two attached hydrogens (primary N) is 1. The van der Waals surface area contributed by atoms with Crippen LogP contribution in [0.1, 0.15) is 30.1 Å². The predicted octanol–water partition coefficient (Wildman–Crippen LogP) is 3.83. The van der Waals surface area contributed by atoms with Gasteiger partial charge in [0.05, 0.1) is 0 Å². The van der Waals surface area contributed by atoms with Crippen molar-refractivity contribution in [1.29, 1.82) is 0 Å². The summed E-state index contributed by atoms with van der Waals surface area (Å²) in [6, 6.07) is 14.5. The van der Waals surface area contributed by atoms with Gasteiger partial charge in [-0.1, -0.05) is 48.0 Å². The standard InChI is InChI=1S/C16H18ClFN2/c1-11(12-5-3-2-4-6-12)20-16(10-19)14-8-7-13(18)9-15(14)17/h2-9,11,16,20H,10,19H2,1H3. The maximum Gasteiger partial charge on any atom is 0.124 e. The van der Waals surface area contributed by atoms with Gasteiger partial charge in [-0.3, -0.25) is 0 Å². The lowest BCUT2D eigenvalue weighted by Crippen LogP contribution is -2.30. The molecular formula is C16H18ClFN2. The molecule has 0 aromatic heterocycles. The lowest BCUT2D eigenvalue weighted by Gasteiger charge is -2.23. The molecule has 2 unspecified atom stereocenters. The molecule has 2 nitrogen and oxygen atoms in total. The van der Waals surface area contributed by atoms with Gasteiger partial charge in [0.1, 0.15) is 5.82 Å². The number of hydrogen-bond acceptors (Lipinski definition) is 2. The molecular weight excluding hydrogens is 275 g/mol. The fourth-order valence-electron chi connectivity index (χ4n) is 2.21. The highest BCUT2D eigenvalue weighted by Gasteiger charge is 2.16. The second-order valence-electron chi connectivity index (χ2n) is 4.75. The minimum atomic E-state index is -0.342. The molecule has 0 fully saturated rings. The van der Waals surface area contributed by atoms with Gasteiger partial charge in [0.25, 0.3) is 0 Å². The summed E-state index contributed by atoms with van der Waals surface area (Å²) in [7, 11) is 0. The van der Waals surface area contributed by atoms with E-state index in [0.29, 0.717) is 11.6 Å². The summed E-state index contributed by atoms with van der Waals surface area (Å²) in [4.78, 5) is 0. The van der Waals surface area contributed by atoms with Crippen LogP contribution in [-0.2, 0) is 0 Å². The summed E-state index contributed by atoms with van der Waals surface area (Å²) in [5, 5.41) is 3.82. The zero-order valence-corrected chi connectivity index (χ0v) is 12.1. The van der Waals surface area contributed by atoms with Gasteiger partial charge in [-0.25, -0.2) is 4.39 Å². The first-order valence-corrected chi connectivity index (χ1v) is 6.95. The predicted molar refractivity (Wildman–Crippen MR) is 81.2 cm³/mol. The van der Waals surface area contributed by atoms with E-state index in [1.54, 1.807) is 6.07 Å². The van der Waals surface area contributed by atoms with Gasteiger partial charge < -0.3 is 11.1 Å². The molecule has 0 amide bonds. The van der Waals surface area contributed by atoms with E-state index in [1.807, 2.05) is 18.2 Å². The molecule has 0 spiro atoms. The van der Waals surface area contributed by atoms with E-state index in [0.717, 1.165) is 5.56 Å². The van der Waals surface area contributed by atoms with Crippen LogP contribution in [0.25, 0.3) is 0 Å². The van der Waals surface area contributed by atoms with Crippen LogP contribution >= 0.6 is 11.6 Å². The summed E-state index contributed by atoms with van der Waals surface area (Å²) in [6.45, 7) is 2.46. The van der Waals surface area contributed by atoms with Crippen molar-refractivity contribution in [3.63, 3.8) is 0 Å². The maximum absolute atomic E-state index is 13.1. The zero-order chi connectivity index (χ0) is 14.5. The van der Waals surface area contributed by atoms with Crippen molar-refractivity contribution in [1.82, 2.24) is 5.32 Å². The lowest BCUT2D eigenvalue weighted by atomic mass is 10.0. The Labute approximate surface area is 123 Å². The summed E-state index contributed by atoms with van der Waals surface area (Å²) in [5.74, 6) is -0.342. The highest BCUT2D eigenvalue weighted by atomic mass is 35.5. The molecule has 0 aliphatic carbocycles. The van der Waals surface area contributed by atoms with E-state index in [9.17, 15) is 4.39 Å². The van der Waals surface area contributed by atoms with E-state index in [2.05, 4.69) is 24.4 Å². The molecule has 2 rings (SSSR count). The summed E-state index contributed by atoms with van der Waals surface area (Å²) < 4.78 is 13.1. The maximum atomic E-state index is 13.1. The quantitative estimate of drug-likeness (QED) is 0.879. The fraction of sp³-hybridized carbons (Fsp3) is 0.250. The Morgan fingerprint density at radius 3 is 2.50 bits per heavy atom. The Balaban J connectivity index is 2.17. The zero-order valence-electron chi connectivity index (χ0n) is 11.3. The Morgan fingerprint density at radius 1 is 1.20 bits per heavy atom. The topological polar surface area (TPSA) is 38.0 Å². The van der Waals surface area contributed by atoms with Crippen LogP contribution < -0.4 is 11.1 Å². The molecule has 2 aromatic rings. The van der Waals surface area contributed by atoms with Crippen molar-refractivity contribution in [2.45, 2.75) is 19.0 Å². The number of hydrogen-bond donors (Lipinski definition) is 2. The smallest absolute Gasteiger partial charge is 0.124 e. The second-order valence-corrected chi connectivity index (χ2v) is 5.16. The van der Waals surface area contributed by atoms with Crippen molar-refractivity contribution in [3.05, 3.63) is 70.5 Å². The second kappa shape index (κ2) is 6.84. The Morgan fingerprint density at radius 2 is 1.90 bits per heavy atom. The van der Waals surface area contributed by atoms with Crippen molar-refractivity contribution in [3.8, 4) is 0 Å². The molecule has 106 valence electrons. The molecule has 0 bridgehead atoms. The first-order valence-electron chi connectivity index (χ1n) is 6.58. The van der Waals surface area contributed by atoms with Crippen LogP contribution in [0.4, 0.5) is 4.39 Å². The van der Waals surface area contributed by atoms with Gasteiger partial charge in [-0.05, 0) is 30.2 Å². The SMILES string of the molecule is CC(NC(CN)c1ccc(F)cc1Cl)c1ccccc1. The molecule has 0 aliphatic heterocycles. The number of nitrogens with one attached hydrogen (secondary N) is 1. The first kappa shape index (κ1) is 15.0. The normalized spacial score (nSPS) is 14.0. The molecule has 4 heteroatoms.